The number of rotatable bonds is 7. The minimum atomic E-state index is 0.202. The van der Waals surface area contributed by atoms with Gasteiger partial charge in [-0.1, -0.05) is 13.0 Å². The minimum Gasteiger partial charge on any atom is -0.497 e. The molecule has 0 saturated heterocycles. The SMILES string of the molecule is COc1ccc(C(C)NCC(C)c2nccs2)c(OC)c1. The van der Waals surface area contributed by atoms with E-state index in [1.54, 1.807) is 25.6 Å². The summed E-state index contributed by atoms with van der Waals surface area (Å²) in [6.45, 7) is 5.20. The highest BCUT2D eigenvalue weighted by Crippen LogP contribution is 2.29. The fourth-order valence-electron chi connectivity index (χ4n) is 2.20. The molecule has 1 aromatic heterocycles. The van der Waals surface area contributed by atoms with Crippen LogP contribution in [0.1, 0.15) is 36.4 Å². The van der Waals surface area contributed by atoms with Gasteiger partial charge in [-0.3, -0.25) is 0 Å². The molecule has 0 spiro atoms. The Morgan fingerprint density at radius 1 is 1.24 bits per heavy atom. The number of ether oxygens (including phenoxy) is 2. The van der Waals surface area contributed by atoms with Gasteiger partial charge in [-0.2, -0.15) is 0 Å². The van der Waals surface area contributed by atoms with Crippen LogP contribution in [0.2, 0.25) is 0 Å². The Labute approximate surface area is 130 Å². The summed E-state index contributed by atoms with van der Waals surface area (Å²) in [5, 5.41) is 6.72. The van der Waals surface area contributed by atoms with Crippen molar-refractivity contribution >= 4 is 11.3 Å². The lowest BCUT2D eigenvalue weighted by Gasteiger charge is -2.19. The zero-order valence-electron chi connectivity index (χ0n) is 12.9. The van der Waals surface area contributed by atoms with E-state index in [1.807, 2.05) is 29.8 Å². The van der Waals surface area contributed by atoms with Gasteiger partial charge in [0, 0.05) is 41.7 Å². The smallest absolute Gasteiger partial charge is 0.127 e. The lowest BCUT2D eigenvalue weighted by Crippen LogP contribution is -2.24. The van der Waals surface area contributed by atoms with E-state index < -0.39 is 0 Å². The van der Waals surface area contributed by atoms with Crippen LogP contribution >= 0.6 is 11.3 Å². The Morgan fingerprint density at radius 3 is 2.67 bits per heavy atom. The third-order valence-electron chi connectivity index (χ3n) is 3.51. The van der Waals surface area contributed by atoms with Crippen molar-refractivity contribution in [2.45, 2.75) is 25.8 Å². The predicted molar refractivity (Wildman–Crippen MR) is 86.5 cm³/mol. The fraction of sp³-hybridized carbons (Fsp3) is 0.438. The van der Waals surface area contributed by atoms with Gasteiger partial charge in [0.05, 0.1) is 19.2 Å². The van der Waals surface area contributed by atoms with E-state index in [2.05, 4.69) is 24.1 Å². The van der Waals surface area contributed by atoms with Crippen LogP contribution in [0.5, 0.6) is 11.5 Å². The Balaban J connectivity index is 2.01. The molecule has 0 aliphatic carbocycles. The largest absolute Gasteiger partial charge is 0.497 e. The second-order valence-electron chi connectivity index (χ2n) is 5.01. The van der Waals surface area contributed by atoms with Crippen LogP contribution in [-0.4, -0.2) is 25.7 Å². The molecule has 5 heteroatoms. The molecule has 21 heavy (non-hydrogen) atoms. The Hall–Kier alpha value is -1.59. The maximum absolute atomic E-state index is 5.46. The van der Waals surface area contributed by atoms with Crippen molar-refractivity contribution in [3.63, 3.8) is 0 Å². The molecule has 114 valence electrons. The second-order valence-corrected chi connectivity index (χ2v) is 5.94. The van der Waals surface area contributed by atoms with E-state index in [-0.39, 0.29) is 6.04 Å². The van der Waals surface area contributed by atoms with Crippen molar-refractivity contribution in [3.8, 4) is 11.5 Å². The van der Waals surface area contributed by atoms with Crippen molar-refractivity contribution in [3.05, 3.63) is 40.3 Å². The van der Waals surface area contributed by atoms with Crippen molar-refractivity contribution in [2.24, 2.45) is 0 Å². The molecule has 0 radical (unpaired) electrons. The van der Waals surface area contributed by atoms with E-state index in [4.69, 9.17) is 9.47 Å². The van der Waals surface area contributed by atoms with Crippen LogP contribution in [0.25, 0.3) is 0 Å². The van der Waals surface area contributed by atoms with Gasteiger partial charge >= 0.3 is 0 Å². The molecule has 2 unspecified atom stereocenters. The molecule has 0 saturated carbocycles. The molecule has 2 rings (SSSR count). The molecular formula is C16H22N2O2S. The fourth-order valence-corrected chi connectivity index (χ4v) is 2.90. The summed E-state index contributed by atoms with van der Waals surface area (Å²) in [4.78, 5) is 4.36. The molecule has 1 heterocycles. The quantitative estimate of drug-likeness (QED) is 0.848. The number of aromatic nitrogens is 1. The Bertz CT molecular complexity index is 557. The molecule has 0 amide bonds. The third-order valence-corrected chi connectivity index (χ3v) is 4.52. The van der Waals surface area contributed by atoms with Gasteiger partial charge < -0.3 is 14.8 Å². The maximum atomic E-state index is 5.46. The first kappa shape index (κ1) is 15.8. The molecule has 0 aliphatic rings. The standard InChI is InChI=1S/C16H22N2O2S/c1-11(16-17-7-8-21-16)10-18-12(2)14-6-5-13(19-3)9-15(14)20-4/h5-9,11-12,18H,10H2,1-4H3. The molecule has 2 atom stereocenters. The highest BCUT2D eigenvalue weighted by atomic mass is 32.1. The summed E-state index contributed by atoms with van der Waals surface area (Å²) in [5.41, 5.74) is 1.13. The average molecular weight is 306 g/mol. The predicted octanol–water partition coefficient (Wildman–Crippen LogP) is 3.61. The zero-order chi connectivity index (χ0) is 15.2. The molecule has 0 bridgehead atoms. The summed E-state index contributed by atoms with van der Waals surface area (Å²) in [5.74, 6) is 2.05. The van der Waals surface area contributed by atoms with E-state index in [0.29, 0.717) is 5.92 Å². The van der Waals surface area contributed by atoms with Gasteiger partial charge in [0.15, 0.2) is 0 Å². The molecule has 0 aliphatic heterocycles. The third kappa shape index (κ3) is 3.95. The van der Waals surface area contributed by atoms with Crippen molar-refractivity contribution in [1.29, 1.82) is 0 Å². The van der Waals surface area contributed by atoms with Gasteiger partial charge in [-0.05, 0) is 13.0 Å². The van der Waals surface area contributed by atoms with Crippen molar-refractivity contribution in [1.82, 2.24) is 10.3 Å². The van der Waals surface area contributed by atoms with E-state index in [0.717, 1.165) is 28.6 Å². The van der Waals surface area contributed by atoms with Gasteiger partial charge in [0.2, 0.25) is 0 Å². The van der Waals surface area contributed by atoms with Gasteiger partial charge in [-0.15, -0.1) is 11.3 Å². The summed E-state index contributed by atoms with van der Waals surface area (Å²) in [6, 6.07) is 6.12. The number of thiazole rings is 1. The zero-order valence-corrected chi connectivity index (χ0v) is 13.7. The Morgan fingerprint density at radius 2 is 2.05 bits per heavy atom. The minimum absolute atomic E-state index is 0.202. The molecular weight excluding hydrogens is 284 g/mol. The lowest BCUT2D eigenvalue weighted by molar-refractivity contribution is 0.385. The number of nitrogens with zero attached hydrogens (tertiary/aromatic N) is 1. The molecule has 4 nitrogen and oxygen atoms in total. The second kappa shape index (κ2) is 7.43. The monoisotopic (exact) mass is 306 g/mol. The average Bonchev–Trinajstić information content (AvgIpc) is 3.06. The van der Waals surface area contributed by atoms with E-state index >= 15 is 0 Å². The summed E-state index contributed by atoms with van der Waals surface area (Å²) in [7, 11) is 3.34. The summed E-state index contributed by atoms with van der Waals surface area (Å²) >= 11 is 1.70. The molecule has 1 N–H and O–H groups in total. The van der Waals surface area contributed by atoms with Crippen LogP contribution in [0.4, 0.5) is 0 Å². The first-order valence-electron chi connectivity index (χ1n) is 7.00. The van der Waals surface area contributed by atoms with Gasteiger partial charge in [0.25, 0.3) is 0 Å². The topological polar surface area (TPSA) is 43.4 Å². The Kier molecular flexibility index (Phi) is 5.59. The van der Waals surface area contributed by atoms with Crippen LogP contribution in [0, 0.1) is 0 Å². The number of hydrogen-bond acceptors (Lipinski definition) is 5. The molecule has 1 aromatic carbocycles. The van der Waals surface area contributed by atoms with Crippen LogP contribution in [0.15, 0.2) is 29.8 Å². The molecule has 0 fully saturated rings. The summed E-state index contributed by atoms with van der Waals surface area (Å²) in [6.07, 6.45) is 1.85. The highest BCUT2D eigenvalue weighted by Gasteiger charge is 2.14. The number of hydrogen-bond donors (Lipinski definition) is 1. The van der Waals surface area contributed by atoms with E-state index in [9.17, 15) is 0 Å². The lowest BCUT2D eigenvalue weighted by atomic mass is 10.1. The van der Waals surface area contributed by atoms with E-state index in [1.165, 1.54) is 0 Å². The van der Waals surface area contributed by atoms with Crippen LogP contribution in [0.3, 0.4) is 0 Å². The molecule has 2 aromatic rings. The number of nitrogens with one attached hydrogen (secondary N) is 1. The van der Waals surface area contributed by atoms with Gasteiger partial charge in [0.1, 0.15) is 11.5 Å². The first-order chi connectivity index (χ1) is 10.2. The van der Waals surface area contributed by atoms with Crippen LogP contribution in [-0.2, 0) is 0 Å². The first-order valence-corrected chi connectivity index (χ1v) is 7.88. The normalized spacial score (nSPS) is 13.7. The van der Waals surface area contributed by atoms with Gasteiger partial charge in [-0.25, -0.2) is 4.98 Å². The number of benzene rings is 1. The summed E-state index contributed by atoms with van der Waals surface area (Å²) < 4.78 is 10.7. The highest BCUT2D eigenvalue weighted by molar-refractivity contribution is 7.09. The number of methoxy groups -OCH3 is 2. The van der Waals surface area contributed by atoms with Crippen LogP contribution < -0.4 is 14.8 Å². The van der Waals surface area contributed by atoms with Crippen molar-refractivity contribution in [2.75, 3.05) is 20.8 Å². The maximum Gasteiger partial charge on any atom is 0.127 e. The van der Waals surface area contributed by atoms with Crippen molar-refractivity contribution < 1.29 is 9.47 Å².